The van der Waals surface area contributed by atoms with Gasteiger partial charge in [-0.25, -0.2) is 0 Å². The molecule has 0 aliphatic rings. The van der Waals surface area contributed by atoms with E-state index >= 15 is 0 Å². The van der Waals surface area contributed by atoms with E-state index in [-0.39, 0.29) is 71.3 Å². The van der Waals surface area contributed by atoms with Crippen molar-refractivity contribution in [1.29, 1.82) is 0 Å². The summed E-state index contributed by atoms with van der Waals surface area (Å²) in [6.07, 6.45) is 0. The maximum absolute atomic E-state index is 3.25. The molecule has 0 amide bonds. The maximum Gasteiger partial charge on any atom is 2.00 e. The van der Waals surface area contributed by atoms with Crippen LogP contribution in [0.3, 0.4) is 0 Å². The molecule has 4 heteroatoms. The third-order valence-corrected chi connectivity index (χ3v) is 0. The second-order valence-electron chi connectivity index (χ2n) is 0. The molecule has 0 rings (SSSR count). The molecule has 0 saturated carbocycles. The van der Waals surface area contributed by atoms with Crippen LogP contribution >= 0.6 is 0 Å². The Morgan fingerprint density at radius 3 is 1.17 bits per heavy atom. The molecule has 0 N–H and O–H groups in total. The Morgan fingerprint density at radius 1 is 1.17 bits per heavy atom. The Morgan fingerprint density at radius 2 is 1.17 bits per heavy atom. The monoisotopic (exact) mass is 174 g/mol. The van der Waals surface area contributed by atoms with Crippen molar-refractivity contribution in [1.82, 2.24) is 0 Å². The molecule has 0 fully saturated rings. The van der Waals surface area contributed by atoms with Crippen LogP contribution in [0.15, 0.2) is 0 Å². The first-order valence-corrected chi connectivity index (χ1v) is 0.707. The van der Waals surface area contributed by atoms with E-state index < -0.39 is 0 Å². The summed E-state index contributed by atoms with van der Waals surface area (Å²) in [5.41, 5.74) is 0. The average Bonchev–Trinajstić information content (AvgIpc) is 1.00. The molecule has 0 aliphatic carbocycles. The molecule has 0 aromatic carbocycles. The summed E-state index contributed by atoms with van der Waals surface area (Å²) in [6, 6.07) is 0. The molecule has 0 saturated heterocycles. The smallest absolute Gasteiger partial charge is 1.00 e. The number of hydrogen-bond donors (Lipinski definition) is 0. The van der Waals surface area contributed by atoms with Gasteiger partial charge in [-0.3, -0.25) is 0 Å². The predicted octanol–water partition coefficient (Wildman–Crippen LogP) is -8.53. The summed E-state index contributed by atoms with van der Waals surface area (Å²) in [6.45, 7) is 5.00. The zero-order valence-electron chi connectivity index (χ0n) is 4.17. The molecule has 0 aromatic rings. The van der Waals surface area contributed by atoms with Gasteiger partial charge in [-0.15, -0.1) is 0 Å². The minimum Gasteiger partial charge on any atom is -1.00 e. The molecule has 30 valence electrons. The molecule has 0 heterocycles. The van der Waals surface area contributed by atoms with Crippen LogP contribution in [-0.4, -0.2) is 23.1 Å². The molecule has 0 atom stereocenters. The van der Waals surface area contributed by atoms with Crippen LogP contribution in [0.1, 0.15) is 6.92 Å². The topological polar surface area (TPSA) is 0 Å². The van der Waals surface area contributed by atoms with Crippen molar-refractivity contribution in [2.45, 2.75) is 6.92 Å². The zero-order valence-corrected chi connectivity index (χ0v) is 7.93. The predicted molar refractivity (Wildman–Crippen MR) is 16.8 cm³/mol. The van der Waals surface area contributed by atoms with Gasteiger partial charge in [0.1, 0.15) is 0 Å². The van der Waals surface area contributed by atoms with Crippen molar-refractivity contribution < 1.29 is 48.2 Å². The van der Waals surface area contributed by atoms with Gasteiger partial charge in [-0.05, 0) is 0 Å². The Hall–Kier alpha value is 2.13. The fourth-order valence-electron chi connectivity index (χ4n) is 0. The molecule has 6 heavy (non-hydrogen) atoms. The molecule has 0 nitrogen and oxygen atoms in total. The van der Waals surface area contributed by atoms with E-state index in [4.69, 9.17) is 0 Å². The van der Waals surface area contributed by atoms with E-state index in [9.17, 15) is 0 Å². The molecular formula is C2H5BrClLiMg. The van der Waals surface area contributed by atoms with Crippen molar-refractivity contribution in [2.75, 3.05) is 0 Å². The second kappa shape index (κ2) is 59.0. The first-order chi connectivity index (χ1) is 1.00. The van der Waals surface area contributed by atoms with E-state index in [0.29, 0.717) is 0 Å². The Labute approximate surface area is 84.3 Å². The van der Waals surface area contributed by atoms with Gasteiger partial charge < -0.3 is 36.3 Å². The minimum atomic E-state index is 0. The number of rotatable bonds is 0. The number of hydrogen-bond acceptors (Lipinski definition) is 0. The number of halogens is 2. The summed E-state index contributed by atoms with van der Waals surface area (Å²) < 4.78 is 0. The van der Waals surface area contributed by atoms with Gasteiger partial charge >= 0.3 is 41.9 Å². The zero-order chi connectivity index (χ0) is 2.00. The third kappa shape index (κ3) is 35.5. The maximum atomic E-state index is 3.25. The Bertz CT molecular complexity index is 13.5. The largest absolute Gasteiger partial charge is 2.00 e. The SMILES string of the molecule is [Br-].[CH2-]C.[Cl-].[Li+].[Mg+2]. The van der Waals surface area contributed by atoms with Crippen LogP contribution in [0.5, 0.6) is 0 Å². The van der Waals surface area contributed by atoms with E-state index in [0.717, 1.165) is 0 Å². The molecule has 0 unspecified atom stereocenters. The molecule has 0 spiro atoms. The van der Waals surface area contributed by atoms with Gasteiger partial charge in [0.25, 0.3) is 0 Å². The van der Waals surface area contributed by atoms with E-state index in [1.54, 1.807) is 6.92 Å². The summed E-state index contributed by atoms with van der Waals surface area (Å²) in [5, 5.41) is 0. The molecule has 0 aromatic heterocycles. The minimum absolute atomic E-state index is 0. The van der Waals surface area contributed by atoms with Crippen LogP contribution < -0.4 is 48.2 Å². The van der Waals surface area contributed by atoms with Crippen LogP contribution in [-0.2, 0) is 0 Å². The van der Waals surface area contributed by atoms with Gasteiger partial charge in [-0.1, -0.05) is 0 Å². The molecule has 0 radical (unpaired) electrons. The van der Waals surface area contributed by atoms with Gasteiger partial charge in [0, 0.05) is 0 Å². The van der Waals surface area contributed by atoms with Crippen LogP contribution in [0, 0.1) is 6.92 Å². The van der Waals surface area contributed by atoms with E-state index in [2.05, 4.69) is 6.92 Å². The van der Waals surface area contributed by atoms with Gasteiger partial charge in [0.05, 0.1) is 0 Å². The Kier molecular flexibility index (Phi) is 414. The van der Waals surface area contributed by atoms with Crippen LogP contribution in [0.25, 0.3) is 0 Å². The third-order valence-electron chi connectivity index (χ3n) is 0. The first-order valence-electron chi connectivity index (χ1n) is 0.707. The van der Waals surface area contributed by atoms with Crippen molar-refractivity contribution in [3.05, 3.63) is 6.92 Å². The quantitative estimate of drug-likeness (QED) is 0.254. The van der Waals surface area contributed by atoms with Gasteiger partial charge in [-0.2, -0.15) is 6.92 Å². The van der Waals surface area contributed by atoms with Gasteiger partial charge in [0.15, 0.2) is 0 Å². The first kappa shape index (κ1) is 42.2. The summed E-state index contributed by atoms with van der Waals surface area (Å²) in [4.78, 5) is 0. The van der Waals surface area contributed by atoms with Crippen molar-refractivity contribution in [3.63, 3.8) is 0 Å². The second-order valence-corrected chi connectivity index (χ2v) is 0. The van der Waals surface area contributed by atoms with E-state index in [1.165, 1.54) is 0 Å². The summed E-state index contributed by atoms with van der Waals surface area (Å²) in [7, 11) is 0. The summed E-state index contributed by atoms with van der Waals surface area (Å²) >= 11 is 0. The van der Waals surface area contributed by atoms with Crippen LogP contribution in [0.4, 0.5) is 0 Å². The summed E-state index contributed by atoms with van der Waals surface area (Å²) in [5.74, 6) is 0. The standard InChI is InChI=1S/C2H5.BrH.ClH.Li.Mg/c1-2;;;;/h1H2,2H3;2*1H;;/q-1;;;+1;+2/p-2. The average molecular weight is 176 g/mol. The van der Waals surface area contributed by atoms with Crippen molar-refractivity contribution >= 4 is 23.1 Å². The Balaban J connectivity index is -0.000000000833. The normalized spacial score (nSPS) is 1.00. The van der Waals surface area contributed by atoms with Gasteiger partial charge in [0.2, 0.25) is 0 Å². The fourth-order valence-corrected chi connectivity index (χ4v) is 0. The molecule has 0 bridgehead atoms. The molecule has 0 aliphatic heterocycles. The van der Waals surface area contributed by atoms with Crippen LogP contribution in [0.2, 0.25) is 0 Å². The van der Waals surface area contributed by atoms with Crippen molar-refractivity contribution in [2.24, 2.45) is 0 Å². The molecular weight excluding hydrogens is 171 g/mol. The fraction of sp³-hybridized carbons (Fsp3) is 0.500. The van der Waals surface area contributed by atoms with E-state index in [1.807, 2.05) is 0 Å². The van der Waals surface area contributed by atoms with Crippen molar-refractivity contribution in [3.8, 4) is 0 Å².